The van der Waals surface area contributed by atoms with Crippen LogP contribution in [0.15, 0.2) is 0 Å². The highest BCUT2D eigenvalue weighted by atomic mass is 16.5. The Bertz CT molecular complexity index is 297. The number of rotatable bonds is 8. The van der Waals surface area contributed by atoms with Gasteiger partial charge in [0.05, 0.1) is 0 Å². The van der Waals surface area contributed by atoms with Crippen molar-refractivity contribution in [2.75, 3.05) is 28.2 Å². The highest BCUT2D eigenvalue weighted by Crippen LogP contribution is 2.07. The lowest BCUT2D eigenvalue weighted by Crippen LogP contribution is -2.50. The second-order valence-electron chi connectivity index (χ2n) is 4.78. The van der Waals surface area contributed by atoms with E-state index in [9.17, 15) is 14.7 Å². The molecule has 109 valence electrons. The average molecular weight is 271 g/mol. The van der Waals surface area contributed by atoms with Crippen molar-refractivity contribution in [3.05, 3.63) is 0 Å². The minimum Gasteiger partial charge on any atom is -0.428 e. The number of unbranched alkanes of at least 4 members (excludes halogenated alkanes) is 1. The van der Waals surface area contributed by atoms with Gasteiger partial charge >= 0.3 is 0 Å². The number of amides is 2. The fourth-order valence-electron chi connectivity index (χ4n) is 1.38. The molecular formula is C12H24BN2O4. The van der Waals surface area contributed by atoms with Gasteiger partial charge in [0.25, 0.3) is 19.3 Å². The molecule has 19 heavy (non-hydrogen) atoms. The van der Waals surface area contributed by atoms with Crippen LogP contribution in [0.4, 0.5) is 0 Å². The van der Waals surface area contributed by atoms with E-state index in [1.165, 1.54) is 31.4 Å². The van der Waals surface area contributed by atoms with E-state index in [1.54, 1.807) is 14.1 Å². The number of hydrogen-bond donors (Lipinski definition) is 1. The first kappa shape index (κ1) is 17.9. The topological polar surface area (TPSA) is 70.1 Å². The molecule has 1 radical (unpaired) electrons. The molecule has 0 aliphatic rings. The molecule has 6 nitrogen and oxygen atoms in total. The fraction of sp³-hybridized carbons (Fsp3) is 0.833. The van der Waals surface area contributed by atoms with Gasteiger partial charge in [0, 0.05) is 28.2 Å². The van der Waals surface area contributed by atoms with E-state index in [4.69, 9.17) is 4.65 Å². The highest BCUT2D eigenvalue weighted by Gasteiger charge is 2.34. The number of carbonyl (C=O) groups excluding carboxylic acids is 2. The van der Waals surface area contributed by atoms with Gasteiger partial charge in [-0.2, -0.15) is 0 Å². The minimum absolute atomic E-state index is 0.435. The zero-order chi connectivity index (χ0) is 15.0. The Morgan fingerprint density at radius 3 is 2.11 bits per heavy atom. The minimum atomic E-state index is -1.50. The zero-order valence-corrected chi connectivity index (χ0v) is 12.4. The van der Waals surface area contributed by atoms with Gasteiger partial charge in [0.2, 0.25) is 0 Å². The van der Waals surface area contributed by atoms with Crippen LogP contribution in [0, 0.1) is 0 Å². The molecule has 0 aromatic carbocycles. The van der Waals surface area contributed by atoms with Gasteiger partial charge in [-0.1, -0.05) is 26.1 Å². The summed E-state index contributed by atoms with van der Waals surface area (Å²) >= 11 is 0. The van der Waals surface area contributed by atoms with Crippen LogP contribution in [-0.4, -0.2) is 74.6 Å². The normalized spacial score (nSPS) is 13.6. The maximum Gasteiger partial charge on any atom is 0.293 e. The Morgan fingerprint density at radius 2 is 1.68 bits per heavy atom. The third-order valence-electron chi connectivity index (χ3n) is 2.58. The van der Waals surface area contributed by atoms with Gasteiger partial charge < -0.3 is 19.6 Å². The van der Waals surface area contributed by atoms with E-state index in [-0.39, 0.29) is 0 Å². The molecule has 2 amide bonds. The summed E-state index contributed by atoms with van der Waals surface area (Å²) in [4.78, 5) is 26.2. The van der Waals surface area contributed by atoms with Crippen molar-refractivity contribution in [2.45, 2.75) is 38.3 Å². The third-order valence-corrected chi connectivity index (χ3v) is 2.58. The zero-order valence-electron chi connectivity index (χ0n) is 12.4. The van der Waals surface area contributed by atoms with Crippen molar-refractivity contribution < 1.29 is 19.3 Å². The summed E-state index contributed by atoms with van der Waals surface area (Å²) in [5, 5.41) is 9.94. The summed E-state index contributed by atoms with van der Waals surface area (Å²) in [6, 6.07) is 0. The standard InChI is InChI=1S/C12H24BN2O4/c1-6-7-8-13-19-10(12(18)15(4)5)9(16)11(17)14(2)3/h9-10,16H,6-8H2,1-5H3/t9-,10-/m0/s1. The summed E-state index contributed by atoms with van der Waals surface area (Å²) in [6.45, 7) is 2.04. The molecule has 0 saturated heterocycles. The molecule has 0 unspecified atom stereocenters. The largest absolute Gasteiger partial charge is 0.428 e. The second-order valence-corrected chi connectivity index (χ2v) is 4.78. The molecule has 0 aliphatic heterocycles. The van der Waals surface area contributed by atoms with Crippen LogP contribution < -0.4 is 0 Å². The summed E-state index contributed by atoms with van der Waals surface area (Å²) in [6.07, 6.45) is -0.0766. The van der Waals surface area contributed by atoms with Crippen molar-refractivity contribution in [1.82, 2.24) is 9.80 Å². The Hall–Kier alpha value is -1.08. The molecule has 2 atom stereocenters. The molecule has 0 bridgehead atoms. The smallest absolute Gasteiger partial charge is 0.293 e. The maximum absolute atomic E-state index is 11.9. The Labute approximate surface area is 116 Å². The summed E-state index contributed by atoms with van der Waals surface area (Å²) < 4.78 is 5.29. The highest BCUT2D eigenvalue weighted by molar-refractivity contribution is 6.27. The SMILES string of the molecule is CCCC[B]O[C@H](C(=O)N(C)C)[C@H](O)C(=O)N(C)C. The van der Waals surface area contributed by atoms with E-state index in [1.807, 2.05) is 6.92 Å². The van der Waals surface area contributed by atoms with Gasteiger partial charge in [-0.05, 0) is 0 Å². The summed E-state index contributed by atoms with van der Waals surface area (Å²) in [7, 11) is 7.63. The van der Waals surface area contributed by atoms with E-state index in [0.717, 1.165) is 12.8 Å². The number of carbonyl (C=O) groups is 2. The van der Waals surface area contributed by atoms with Gasteiger partial charge in [-0.3, -0.25) is 9.59 Å². The maximum atomic E-state index is 11.9. The van der Waals surface area contributed by atoms with Crippen molar-refractivity contribution >= 4 is 19.3 Å². The van der Waals surface area contributed by atoms with Crippen molar-refractivity contribution in [3.8, 4) is 0 Å². The lowest BCUT2D eigenvalue weighted by atomic mass is 9.91. The van der Waals surface area contributed by atoms with Crippen molar-refractivity contribution in [1.29, 1.82) is 0 Å². The molecule has 0 saturated carbocycles. The van der Waals surface area contributed by atoms with Gasteiger partial charge in [-0.15, -0.1) is 0 Å². The molecule has 0 rings (SSSR count). The molecule has 0 fully saturated rings. The first-order chi connectivity index (χ1) is 8.82. The van der Waals surface area contributed by atoms with Crippen LogP contribution in [0.3, 0.4) is 0 Å². The van der Waals surface area contributed by atoms with Crippen molar-refractivity contribution in [3.63, 3.8) is 0 Å². The predicted molar refractivity (Wildman–Crippen MR) is 73.7 cm³/mol. The van der Waals surface area contributed by atoms with Crippen LogP contribution in [0.1, 0.15) is 19.8 Å². The predicted octanol–water partition coefficient (Wildman–Crippen LogP) is -0.253. The van der Waals surface area contributed by atoms with Crippen LogP contribution in [0.25, 0.3) is 0 Å². The number of aliphatic hydroxyl groups is 1. The number of hydrogen-bond acceptors (Lipinski definition) is 4. The van der Waals surface area contributed by atoms with Gasteiger partial charge in [-0.25, -0.2) is 0 Å². The quantitative estimate of drug-likeness (QED) is 0.488. The molecule has 0 aliphatic carbocycles. The second kappa shape index (κ2) is 8.93. The van der Waals surface area contributed by atoms with E-state index in [2.05, 4.69) is 0 Å². The molecular weight excluding hydrogens is 247 g/mol. The lowest BCUT2D eigenvalue weighted by Gasteiger charge is -2.26. The third kappa shape index (κ3) is 6.07. The van der Waals surface area contributed by atoms with Crippen molar-refractivity contribution in [2.24, 2.45) is 0 Å². The average Bonchev–Trinajstić information content (AvgIpc) is 2.36. The van der Waals surface area contributed by atoms with Crippen LogP contribution >= 0.6 is 0 Å². The summed E-state index contributed by atoms with van der Waals surface area (Å²) in [5.74, 6) is -0.987. The molecule has 1 N–H and O–H groups in total. The Morgan fingerprint density at radius 1 is 1.16 bits per heavy atom. The first-order valence-electron chi connectivity index (χ1n) is 6.40. The van der Waals surface area contributed by atoms with E-state index >= 15 is 0 Å². The Balaban J connectivity index is 4.66. The van der Waals surface area contributed by atoms with Crippen LogP contribution in [0.5, 0.6) is 0 Å². The molecule has 0 heterocycles. The first-order valence-corrected chi connectivity index (χ1v) is 6.40. The van der Waals surface area contributed by atoms with E-state index in [0.29, 0.717) is 6.32 Å². The number of likely N-dealkylation sites (N-methyl/N-ethyl adjacent to an activating group) is 2. The van der Waals surface area contributed by atoms with E-state index < -0.39 is 24.0 Å². The number of nitrogens with zero attached hydrogens (tertiary/aromatic N) is 2. The van der Waals surface area contributed by atoms with Gasteiger partial charge in [0.15, 0.2) is 12.2 Å². The molecule has 0 spiro atoms. The number of aliphatic hydroxyl groups excluding tert-OH is 1. The van der Waals surface area contributed by atoms with Gasteiger partial charge in [0.1, 0.15) is 0 Å². The van der Waals surface area contributed by atoms with Crippen LogP contribution in [0.2, 0.25) is 6.32 Å². The molecule has 0 aromatic heterocycles. The fourth-order valence-corrected chi connectivity index (χ4v) is 1.38. The van der Waals surface area contributed by atoms with Crippen LogP contribution in [-0.2, 0) is 14.2 Å². The summed E-state index contributed by atoms with van der Waals surface area (Å²) in [5.41, 5.74) is 0. The monoisotopic (exact) mass is 271 g/mol. The lowest BCUT2D eigenvalue weighted by molar-refractivity contribution is -0.153. The molecule has 7 heteroatoms. The molecule has 0 aromatic rings. The Kier molecular flexibility index (Phi) is 8.42.